The first-order valence-electron chi connectivity index (χ1n) is 5.77. The van der Waals surface area contributed by atoms with E-state index in [-0.39, 0.29) is 6.04 Å². The van der Waals surface area contributed by atoms with Gasteiger partial charge in [0, 0.05) is 18.8 Å². The van der Waals surface area contributed by atoms with Crippen molar-refractivity contribution in [2.45, 2.75) is 12.5 Å². The predicted octanol–water partition coefficient (Wildman–Crippen LogP) is 2.58. The van der Waals surface area contributed by atoms with Gasteiger partial charge < -0.3 is 11.1 Å². The molecule has 1 aromatic heterocycles. The summed E-state index contributed by atoms with van der Waals surface area (Å²) in [7, 11) is 0. The van der Waals surface area contributed by atoms with Gasteiger partial charge in [-0.25, -0.2) is 9.97 Å². The number of nitrogens with one attached hydrogen (secondary N) is 1. The Kier molecular flexibility index (Phi) is 4.89. The zero-order chi connectivity index (χ0) is 12.8. The molecule has 0 fully saturated rings. The number of rotatable bonds is 5. The third-order valence-electron chi connectivity index (χ3n) is 2.64. The van der Waals surface area contributed by atoms with Crippen molar-refractivity contribution in [1.29, 1.82) is 0 Å². The average Bonchev–Trinajstić information content (AvgIpc) is 2.42. The van der Waals surface area contributed by atoms with Crippen LogP contribution in [0.25, 0.3) is 0 Å². The molecule has 0 aliphatic heterocycles. The molecule has 2 aromatic rings. The minimum Gasteiger partial charge on any atom is -0.369 e. The smallest absolute Gasteiger partial charge is 0.142 e. The van der Waals surface area contributed by atoms with Crippen LogP contribution >= 0.6 is 22.6 Å². The third kappa shape index (κ3) is 3.64. The van der Waals surface area contributed by atoms with Crippen LogP contribution in [-0.4, -0.2) is 16.5 Å². The summed E-state index contributed by atoms with van der Waals surface area (Å²) in [5, 5.41) is 3.27. The van der Waals surface area contributed by atoms with Crippen LogP contribution in [0.4, 0.5) is 5.82 Å². The van der Waals surface area contributed by atoms with E-state index in [2.05, 4.69) is 50.0 Å². The third-order valence-corrected chi connectivity index (χ3v) is 3.43. The highest BCUT2D eigenvalue weighted by molar-refractivity contribution is 14.1. The Morgan fingerprint density at radius 1 is 1.28 bits per heavy atom. The Morgan fingerprint density at radius 3 is 2.78 bits per heavy atom. The van der Waals surface area contributed by atoms with Crippen molar-refractivity contribution in [1.82, 2.24) is 9.97 Å². The van der Waals surface area contributed by atoms with Crippen molar-refractivity contribution in [3.63, 3.8) is 0 Å². The van der Waals surface area contributed by atoms with Gasteiger partial charge in [0.1, 0.15) is 12.1 Å². The van der Waals surface area contributed by atoms with Gasteiger partial charge in [-0.05, 0) is 34.6 Å². The lowest BCUT2D eigenvalue weighted by Gasteiger charge is -2.13. The fraction of sp³-hybridized carbons (Fsp3) is 0.231. The second kappa shape index (κ2) is 6.65. The van der Waals surface area contributed by atoms with Crippen LogP contribution in [0.2, 0.25) is 0 Å². The van der Waals surface area contributed by atoms with Crippen LogP contribution in [0.3, 0.4) is 0 Å². The number of hydrogen-bond acceptors (Lipinski definition) is 4. The molecular formula is C13H15IN4. The lowest BCUT2D eigenvalue weighted by atomic mass is 10.1. The molecule has 3 N–H and O–H groups in total. The van der Waals surface area contributed by atoms with E-state index < -0.39 is 0 Å². The predicted molar refractivity (Wildman–Crippen MR) is 81.2 cm³/mol. The van der Waals surface area contributed by atoms with Crippen molar-refractivity contribution < 1.29 is 0 Å². The van der Waals surface area contributed by atoms with E-state index in [9.17, 15) is 0 Å². The van der Waals surface area contributed by atoms with Gasteiger partial charge in [-0.1, -0.05) is 30.3 Å². The minimum absolute atomic E-state index is 0.0539. The standard InChI is InChI=1S/C13H15IN4/c14-11-8-16-9-18-13(11)17-7-6-12(15)10-4-2-1-3-5-10/h1-5,8-9,12H,6-7,15H2,(H,16,17,18). The Morgan fingerprint density at radius 2 is 2.06 bits per heavy atom. The van der Waals surface area contributed by atoms with E-state index in [0.717, 1.165) is 27.9 Å². The Hall–Kier alpha value is -1.21. The summed E-state index contributed by atoms with van der Waals surface area (Å²) in [4.78, 5) is 8.13. The molecule has 5 heteroatoms. The lowest BCUT2D eigenvalue weighted by Crippen LogP contribution is -2.16. The number of nitrogens with zero attached hydrogens (tertiary/aromatic N) is 2. The summed E-state index contributed by atoms with van der Waals surface area (Å²) in [6.45, 7) is 0.795. The first kappa shape index (κ1) is 13.2. The molecule has 0 saturated carbocycles. The summed E-state index contributed by atoms with van der Waals surface area (Å²) in [5.41, 5.74) is 7.29. The summed E-state index contributed by atoms with van der Waals surface area (Å²) in [6, 6.07) is 10.2. The van der Waals surface area contributed by atoms with Gasteiger partial charge in [0.25, 0.3) is 0 Å². The second-order valence-corrected chi connectivity index (χ2v) is 5.11. The second-order valence-electron chi connectivity index (χ2n) is 3.95. The van der Waals surface area contributed by atoms with Gasteiger partial charge in [-0.2, -0.15) is 0 Å². The minimum atomic E-state index is 0.0539. The zero-order valence-corrected chi connectivity index (χ0v) is 12.0. The van der Waals surface area contributed by atoms with Gasteiger partial charge in [-0.3, -0.25) is 0 Å². The molecule has 1 heterocycles. The largest absolute Gasteiger partial charge is 0.369 e. The number of anilines is 1. The average molecular weight is 354 g/mol. The molecule has 0 spiro atoms. The molecule has 0 aliphatic carbocycles. The molecule has 1 unspecified atom stereocenters. The van der Waals surface area contributed by atoms with Crippen molar-refractivity contribution in [2.24, 2.45) is 5.73 Å². The van der Waals surface area contributed by atoms with Crippen LogP contribution in [0.5, 0.6) is 0 Å². The van der Waals surface area contributed by atoms with Gasteiger partial charge in [0.15, 0.2) is 0 Å². The Balaban J connectivity index is 1.84. The van der Waals surface area contributed by atoms with E-state index in [1.165, 1.54) is 0 Å². The summed E-state index contributed by atoms with van der Waals surface area (Å²) in [5.74, 6) is 0.867. The molecule has 4 nitrogen and oxygen atoms in total. The maximum absolute atomic E-state index is 6.12. The highest BCUT2D eigenvalue weighted by Gasteiger charge is 2.05. The van der Waals surface area contributed by atoms with Crippen LogP contribution in [0, 0.1) is 3.57 Å². The number of aromatic nitrogens is 2. The zero-order valence-electron chi connectivity index (χ0n) is 9.88. The fourth-order valence-electron chi connectivity index (χ4n) is 1.66. The van der Waals surface area contributed by atoms with Gasteiger partial charge in [-0.15, -0.1) is 0 Å². The number of nitrogens with two attached hydrogens (primary N) is 1. The maximum atomic E-state index is 6.12. The van der Waals surface area contributed by atoms with Crippen molar-refractivity contribution >= 4 is 28.4 Å². The molecule has 1 atom stereocenters. The Bertz CT molecular complexity index is 489. The van der Waals surface area contributed by atoms with Crippen molar-refractivity contribution in [3.05, 3.63) is 52.0 Å². The molecule has 0 saturated heterocycles. The molecule has 1 aromatic carbocycles. The molecular weight excluding hydrogens is 339 g/mol. The molecule has 0 bridgehead atoms. The van der Waals surface area contributed by atoms with Crippen LogP contribution in [-0.2, 0) is 0 Å². The van der Waals surface area contributed by atoms with E-state index in [0.29, 0.717) is 0 Å². The van der Waals surface area contributed by atoms with Crippen LogP contribution < -0.4 is 11.1 Å². The topological polar surface area (TPSA) is 63.8 Å². The molecule has 0 amide bonds. The van der Waals surface area contributed by atoms with E-state index >= 15 is 0 Å². The first-order valence-corrected chi connectivity index (χ1v) is 6.85. The number of halogens is 1. The quantitative estimate of drug-likeness (QED) is 0.811. The Labute approximate surface area is 120 Å². The van der Waals surface area contributed by atoms with Gasteiger partial charge in [0.05, 0.1) is 3.57 Å². The monoisotopic (exact) mass is 354 g/mol. The van der Waals surface area contributed by atoms with E-state index in [4.69, 9.17) is 5.73 Å². The highest BCUT2D eigenvalue weighted by Crippen LogP contribution is 2.15. The van der Waals surface area contributed by atoms with Crippen molar-refractivity contribution in [2.75, 3.05) is 11.9 Å². The molecule has 0 aliphatic rings. The van der Waals surface area contributed by atoms with E-state index in [1.54, 1.807) is 12.5 Å². The van der Waals surface area contributed by atoms with Crippen LogP contribution in [0.1, 0.15) is 18.0 Å². The lowest BCUT2D eigenvalue weighted by molar-refractivity contribution is 0.674. The maximum Gasteiger partial charge on any atom is 0.142 e. The summed E-state index contributed by atoms with van der Waals surface area (Å²) in [6.07, 6.45) is 4.19. The molecule has 2 rings (SSSR count). The fourth-order valence-corrected chi connectivity index (χ4v) is 2.15. The number of hydrogen-bond donors (Lipinski definition) is 2. The SMILES string of the molecule is NC(CCNc1ncncc1I)c1ccccc1. The molecule has 94 valence electrons. The van der Waals surface area contributed by atoms with E-state index in [1.807, 2.05) is 18.2 Å². The van der Waals surface area contributed by atoms with Crippen LogP contribution in [0.15, 0.2) is 42.9 Å². The summed E-state index contributed by atoms with van der Waals surface area (Å²) >= 11 is 2.21. The highest BCUT2D eigenvalue weighted by atomic mass is 127. The normalized spacial score (nSPS) is 12.1. The van der Waals surface area contributed by atoms with Crippen molar-refractivity contribution in [3.8, 4) is 0 Å². The first-order chi connectivity index (χ1) is 8.77. The van der Waals surface area contributed by atoms with Gasteiger partial charge in [0.2, 0.25) is 0 Å². The van der Waals surface area contributed by atoms with Gasteiger partial charge >= 0.3 is 0 Å². The molecule has 0 radical (unpaired) electrons. The molecule has 18 heavy (non-hydrogen) atoms. The number of benzene rings is 1. The summed E-state index contributed by atoms with van der Waals surface area (Å²) < 4.78 is 1.02.